The van der Waals surface area contributed by atoms with Crippen molar-refractivity contribution >= 4 is 17.3 Å². The normalized spacial score (nSPS) is 12.4. The van der Waals surface area contributed by atoms with Crippen molar-refractivity contribution in [2.75, 3.05) is 11.4 Å². The maximum Gasteiger partial charge on any atom is 0.123 e. The van der Waals surface area contributed by atoms with Crippen molar-refractivity contribution in [3.8, 4) is 0 Å². The first kappa shape index (κ1) is 15.9. The van der Waals surface area contributed by atoms with E-state index in [9.17, 15) is 0 Å². The third-order valence-electron chi connectivity index (χ3n) is 3.70. The topological polar surface area (TPSA) is 42.4 Å². The molecule has 0 saturated heterocycles. The van der Waals surface area contributed by atoms with Crippen LogP contribution in [-0.4, -0.2) is 12.6 Å². The first-order valence-corrected chi connectivity index (χ1v) is 7.83. The number of nitrogens with two attached hydrogens (primary N) is 1. The molecule has 0 saturated carbocycles. The number of halogens is 1. The fourth-order valence-corrected chi connectivity index (χ4v) is 2.61. The average molecular weight is 307 g/mol. The van der Waals surface area contributed by atoms with Crippen molar-refractivity contribution in [3.63, 3.8) is 0 Å². The van der Waals surface area contributed by atoms with Gasteiger partial charge in [0.15, 0.2) is 0 Å². The fraction of sp³-hybridized carbons (Fsp3) is 0.412. The largest absolute Gasteiger partial charge is 0.467 e. The monoisotopic (exact) mass is 306 g/mol. The van der Waals surface area contributed by atoms with Crippen LogP contribution in [0, 0.1) is 0 Å². The van der Waals surface area contributed by atoms with Gasteiger partial charge in [-0.15, -0.1) is 0 Å². The molecule has 0 amide bonds. The van der Waals surface area contributed by atoms with Crippen LogP contribution in [0.1, 0.15) is 31.6 Å². The van der Waals surface area contributed by atoms with Gasteiger partial charge >= 0.3 is 0 Å². The lowest BCUT2D eigenvalue weighted by molar-refractivity contribution is 0.503. The molecule has 0 bridgehead atoms. The van der Waals surface area contributed by atoms with E-state index in [0.29, 0.717) is 0 Å². The van der Waals surface area contributed by atoms with Gasteiger partial charge in [0, 0.05) is 23.3 Å². The number of furan rings is 1. The SMILES string of the molecule is CCC(N)Cc1cc(Cl)ccc1N(CC)Cc1ccco1. The minimum absolute atomic E-state index is 0.157. The number of anilines is 1. The molecule has 21 heavy (non-hydrogen) atoms. The predicted molar refractivity (Wildman–Crippen MR) is 88.9 cm³/mol. The molecule has 3 nitrogen and oxygen atoms in total. The Bertz CT molecular complexity index is 554. The van der Waals surface area contributed by atoms with E-state index in [1.807, 2.05) is 24.3 Å². The van der Waals surface area contributed by atoms with Crippen LogP contribution in [0.15, 0.2) is 41.0 Å². The Morgan fingerprint density at radius 1 is 1.29 bits per heavy atom. The van der Waals surface area contributed by atoms with Gasteiger partial charge in [-0.3, -0.25) is 0 Å². The third-order valence-corrected chi connectivity index (χ3v) is 3.93. The number of hydrogen-bond donors (Lipinski definition) is 1. The summed E-state index contributed by atoms with van der Waals surface area (Å²) < 4.78 is 5.46. The van der Waals surface area contributed by atoms with Gasteiger partial charge in [-0.25, -0.2) is 0 Å². The van der Waals surface area contributed by atoms with Crippen LogP contribution in [0.5, 0.6) is 0 Å². The van der Waals surface area contributed by atoms with E-state index >= 15 is 0 Å². The Morgan fingerprint density at radius 2 is 2.10 bits per heavy atom. The molecular formula is C17H23ClN2O. The first-order chi connectivity index (χ1) is 10.1. The third kappa shape index (κ3) is 4.26. The van der Waals surface area contributed by atoms with E-state index < -0.39 is 0 Å². The Kier molecular flexibility index (Phi) is 5.71. The molecule has 1 aromatic carbocycles. The Labute approximate surface area is 131 Å². The van der Waals surface area contributed by atoms with Gasteiger partial charge in [-0.1, -0.05) is 18.5 Å². The lowest BCUT2D eigenvalue weighted by Crippen LogP contribution is -2.26. The summed E-state index contributed by atoms with van der Waals surface area (Å²) in [5, 5.41) is 0.756. The molecule has 0 spiro atoms. The van der Waals surface area contributed by atoms with E-state index in [1.165, 1.54) is 11.3 Å². The number of hydrogen-bond acceptors (Lipinski definition) is 3. The summed E-state index contributed by atoms with van der Waals surface area (Å²) in [4.78, 5) is 2.28. The second-order valence-corrected chi connectivity index (χ2v) is 5.68. The lowest BCUT2D eigenvalue weighted by atomic mass is 10.0. The minimum Gasteiger partial charge on any atom is -0.467 e. The van der Waals surface area contributed by atoms with Gasteiger partial charge in [0.05, 0.1) is 12.8 Å². The molecule has 0 aliphatic carbocycles. The van der Waals surface area contributed by atoms with Crippen molar-refractivity contribution in [2.45, 2.75) is 39.3 Å². The van der Waals surface area contributed by atoms with Crippen LogP contribution in [-0.2, 0) is 13.0 Å². The summed E-state index contributed by atoms with van der Waals surface area (Å²) in [7, 11) is 0. The van der Waals surface area contributed by atoms with Gasteiger partial charge in [0.25, 0.3) is 0 Å². The quantitative estimate of drug-likeness (QED) is 0.832. The molecule has 114 valence electrons. The molecule has 0 aliphatic heterocycles. The van der Waals surface area contributed by atoms with Crippen molar-refractivity contribution in [3.05, 3.63) is 52.9 Å². The van der Waals surface area contributed by atoms with E-state index in [4.69, 9.17) is 21.8 Å². The smallest absolute Gasteiger partial charge is 0.123 e. The van der Waals surface area contributed by atoms with Crippen molar-refractivity contribution < 1.29 is 4.42 Å². The van der Waals surface area contributed by atoms with Crippen molar-refractivity contribution in [2.24, 2.45) is 5.73 Å². The second-order valence-electron chi connectivity index (χ2n) is 5.24. The summed E-state index contributed by atoms with van der Waals surface area (Å²) in [6, 6.07) is 10.1. The van der Waals surface area contributed by atoms with Gasteiger partial charge < -0.3 is 15.1 Å². The fourth-order valence-electron chi connectivity index (χ4n) is 2.41. The molecule has 1 heterocycles. The molecule has 1 aromatic heterocycles. The van der Waals surface area contributed by atoms with Crippen molar-refractivity contribution in [1.82, 2.24) is 0 Å². The molecule has 2 rings (SSSR count). The highest BCUT2D eigenvalue weighted by atomic mass is 35.5. The maximum atomic E-state index is 6.16. The van der Waals surface area contributed by atoms with Gasteiger partial charge in [0.1, 0.15) is 5.76 Å². The maximum absolute atomic E-state index is 6.16. The molecule has 2 aromatic rings. The van der Waals surface area contributed by atoms with Gasteiger partial charge in [-0.05, 0) is 55.7 Å². The van der Waals surface area contributed by atoms with E-state index in [2.05, 4.69) is 24.8 Å². The zero-order chi connectivity index (χ0) is 15.2. The minimum atomic E-state index is 0.157. The highest BCUT2D eigenvalue weighted by Gasteiger charge is 2.14. The standard InChI is InChI=1S/C17H23ClN2O/c1-3-15(19)11-13-10-14(18)7-8-17(13)20(4-2)12-16-6-5-9-21-16/h5-10,15H,3-4,11-12,19H2,1-2H3. The van der Waals surface area contributed by atoms with Gasteiger partial charge in [-0.2, -0.15) is 0 Å². The zero-order valence-electron chi connectivity index (χ0n) is 12.7. The summed E-state index contributed by atoms with van der Waals surface area (Å²) in [6.45, 7) is 5.90. The Morgan fingerprint density at radius 3 is 2.71 bits per heavy atom. The molecule has 1 atom stereocenters. The molecule has 1 unspecified atom stereocenters. The molecule has 0 aliphatic rings. The summed E-state index contributed by atoms with van der Waals surface area (Å²) in [5.41, 5.74) is 8.50. The predicted octanol–water partition coefficient (Wildman–Crippen LogP) is 4.24. The number of benzene rings is 1. The molecule has 0 fully saturated rings. The first-order valence-electron chi connectivity index (χ1n) is 7.45. The zero-order valence-corrected chi connectivity index (χ0v) is 13.4. The van der Waals surface area contributed by atoms with Crippen LogP contribution >= 0.6 is 11.6 Å². The van der Waals surface area contributed by atoms with E-state index in [1.54, 1.807) is 6.26 Å². The highest BCUT2D eigenvalue weighted by molar-refractivity contribution is 6.30. The second kappa shape index (κ2) is 7.53. The van der Waals surface area contributed by atoms with E-state index in [0.717, 1.165) is 36.7 Å². The number of rotatable bonds is 7. The Balaban J connectivity index is 2.26. The van der Waals surface area contributed by atoms with Crippen LogP contribution in [0.25, 0.3) is 0 Å². The highest BCUT2D eigenvalue weighted by Crippen LogP contribution is 2.27. The number of nitrogens with zero attached hydrogens (tertiary/aromatic N) is 1. The van der Waals surface area contributed by atoms with Crippen molar-refractivity contribution in [1.29, 1.82) is 0 Å². The molecule has 2 N–H and O–H groups in total. The molecule has 0 radical (unpaired) electrons. The summed E-state index contributed by atoms with van der Waals surface area (Å²) in [6.07, 6.45) is 3.50. The van der Waals surface area contributed by atoms with Crippen LogP contribution < -0.4 is 10.6 Å². The van der Waals surface area contributed by atoms with Crippen LogP contribution in [0.2, 0.25) is 5.02 Å². The van der Waals surface area contributed by atoms with Crippen LogP contribution in [0.4, 0.5) is 5.69 Å². The lowest BCUT2D eigenvalue weighted by Gasteiger charge is -2.26. The van der Waals surface area contributed by atoms with Crippen LogP contribution in [0.3, 0.4) is 0 Å². The molecule has 4 heteroatoms. The summed E-state index contributed by atoms with van der Waals surface area (Å²) >= 11 is 6.16. The summed E-state index contributed by atoms with van der Waals surface area (Å²) in [5.74, 6) is 0.956. The molecular weight excluding hydrogens is 284 g/mol. The van der Waals surface area contributed by atoms with E-state index in [-0.39, 0.29) is 6.04 Å². The Hall–Kier alpha value is -1.45. The van der Waals surface area contributed by atoms with Gasteiger partial charge in [0.2, 0.25) is 0 Å². The average Bonchev–Trinajstić information content (AvgIpc) is 2.98.